The van der Waals surface area contributed by atoms with Crippen molar-refractivity contribution in [1.82, 2.24) is 0 Å². The van der Waals surface area contributed by atoms with E-state index in [4.69, 9.17) is 0 Å². The van der Waals surface area contributed by atoms with E-state index in [-0.39, 0.29) is 29.3 Å². The number of benzene rings is 2. The second kappa shape index (κ2) is 8.88. The van der Waals surface area contributed by atoms with Gasteiger partial charge in [0.15, 0.2) is 5.78 Å². The molecule has 0 atom stereocenters. The number of hydrogen-bond donors (Lipinski definition) is 2. The fourth-order valence-corrected chi connectivity index (χ4v) is 2.94. The number of aryl methyl sites for hydroxylation is 1. The lowest BCUT2D eigenvalue weighted by Crippen LogP contribution is -2.05. The normalized spacial score (nSPS) is 10.8. The Balaban J connectivity index is 2.12. The number of Topliss-reactive ketones (excluding diaryl/α,β-unsaturated/α-hetero) is 1. The highest BCUT2D eigenvalue weighted by atomic mass is 79.9. The SMILES string of the molecule is CCCCCCc1cc(C(=O)Cc2ccc(Br)cc2)c(O)cc1O. The van der Waals surface area contributed by atoms with Crippen LogP contribution in [0.3, 0.4) is 0 Å². The maximum Gasteiger partial charge on any atom is 0.170 e. The molecule has 0 fully saturated rings. The van der Waals surface area contributed by atoms with Crippen LogP contribution in [0.2, 0.25) is 0 Å². The fourth-order valence-electron chi connectivity index (χ4n) is 2.67. The van der Waals surface area contributed by atoms with Gasteiger partial charge in [0.1, 0.15) is 11.5 Å². The second-order valence-corrected chi connectivity index (χ2v) is 6.95. The molecule has 0 unspecified atom stereocenters. The van der Waals surface area contributed by atoms with Crippen molar-refractivity contribution in [3.8, 4) is 11.5 Å². The maximum atomic E-state index is 12.5. The summed E-state index contributed by atoms with van der Waals surface area (Å²) in [6.45, 7) is 2.15. The van der Waals surface area contributed by atoms with Crippen molar-refractivity contribution in [2.24, 2.45) is 0 Å². The lowest BCUT2D eigenvalue weighted by molar-refractivity contribution is 0.0990. The van der Waals surface area contributed by atoms with Crippen LogP contribution in [0.5, 0.6) is 11.5 Å². The van der Waals surface area contributed by atoms with Gasteiger partial charge in [-0.25, -0.2) is 0 Å². The lowest BCUT2D eigenvalue weighted by Gasteiger charge is -2.10. The molecule has 0 bridgehead atoms. The topological polar surface area (TPSA) is 57.5 Å². The van der Waals surface area contributed by atoms with Crippen molar-refractivity contribution in [2.45, 2.75) is 45.4 Å². The van der Waals surface area contributed by atoms with Crippen LogP contribution in [0.1, 0.15) is 54.1 Å². The van der Waals surface area contributed by atoms with Gasteiger partial charge in [-0.2, -0.15) is 0 Å². The van der Waals surface area contributed by atoms with Gasteiger partial charge in [0.25, 0.3) is 0 Å². The van der Waals surface area contributed by atoms with Crippen LogP contribution < -0.4 is 0 Å². The molecule has 2 aromatic rings. The third-order valence-corrected chi connectivity index (χ3v) is 4.60. The zero-order chi connectivity index (χ0) is 17.5. The average molecular weight is 391 g/mol. The largest absolute Gasteiger partial charge is 0.508 e. The van der Waals surface area contributed by atoms with Crippen molar-refractivity contribution in [3.05, 3.63) is 57.6 Å². The summed E-state index contributed by atoms with van der Waals surface area (Å²) in [6.07, 6.45) is 5.31. The van der Waals surface area contributed by atoms with Gasteiger partial charge in [0.05, 0.1) is 5.56 Å². The zero-order valence-corrected chi connectivity index (χ0v) is 15.5. The molecule has 0 radical (unpaired) electrons. The Labute approximate surface area is 151 Å². The molecule has 0 amide bonds. The first kappa shape index (κ1) is 18.5. The average Bonchev–Trinajstić information content (AvgIpc) is 2.55. The van der Waals surface area contributed by atoms with E-state index in [1.165, 1.54) is 6.07 Å². The first-order valence-electron chi connectivity index (χ1n) is 8.33. The van der Waals surface area contributed by atoms with Gasteiger partial charge in [-0.3, -0.25) is 4.79 Å². The monoisotopic (exact) mass is 390 g/mol. The molecule has 128 valence electrons. The number of phenolic OH excluding ortho intramolecular Hbond substituents is 2. The number of ketones is 1. The summed E-state index contributed by atoms with van der Waals surface area (Å²) in [7, 11) is 0. The molecule has 0 spiro atoms. The van der Waals surface area contributed by atoms with Crippen molar-refractivity contribution >= 4 is 21.7 Å². The number of unbranched alkanes of at least 4 members (excludes halogenated alkanes) is 3. The van der Waals surface area contributed by atoms with Crippen LogP contribution in [0.25, 0.3) is 0 Å². The Kier molecular flexibility index (Phi) is 6.85. The van der Waals surface area contributed by atoms with Gasteiger partial charge in [0, 0.05) is 17.0 Å². The highest BCUT2D eigenvalue weighted by Crippen LogP contribution is 2.30. The Morgan fingerprint density at radius 1 is 1.00 bits per heavy atom. The quantitative estimate of drug-likeness (QED) is 0.467. The molecule has 0 saturated carbocycles. The smallest absolute Gasteiger partial charge is 0.170 e. The van der Waals surface area contributed by atoms with Gasteiger partial charge in [-0.15, -0.1) is 0 Å². The van der Waals surface area contributed by atoms with Gasteiger partial charge in [-0.1, -0.05) is 54.2 Å². The van der Waals surface area contributed by atoms with Crippen LogP contribution in [0, 0.1) is 0 Å². The van der Waals surface area contributed by atoms with E-state index in [9.17, 15) is 15.0 Å². The molecule has 0 aliphatic rings. The summed E-state index contributed by atoms with van der Waals surface area (Å²) in [5.41, 5.74) is 1.89. The van der Waals surface area contributed by atoms with E-state index in [2.05, 4.69) is 22.9 Å². The standard InChI is InChI=1S/C20H23BrO3/c1-2-3-4-5-6-15-12-17(20(24)13-18(15)22)19(23)11-14-7-9-16(21)10-8-14/h7-10,12-13,22,24H,2-6,11H2,1H3. The second-order valence-electron chi connectivity index (χ2n) is 6.04. The Morgan fingerprint density at radius 2 is 1.71 bits per heavy atom. The molecular weight excluding hydrogens is 368 g/mol. The Hall–Kier alpha value is -1.81. The van der Waals surface area contributed by atoms with Gasteiger partial charge < -0.3 is 10.2 Å². The van der Waals surface area contributed by atoms with Crippen molar-refractivity contribution in [1.29, 1.82) is 0 Å². The predicted octanol–water partition coefficient (Wildman–Crippen LogP) is 5.41. The molecular formula is C20H23BrO3. The zero-order valence-electron chi connectivity index (χ0n) is 13.9. The molecule has 0 saturated heterocycles. The molecule has 4 heteroatoms. The number of halogens is 1. The minimum Gasteiger partial charge on any atom is -0.508 e. The molecule has 2 N–H and O–H groups in total. The maximum absolute atomic E-state index is 12.5. The number of hydrogen-bond acceptors (Lipinski definition) is 3. The van der Waals surface area contributed by atoms with Crippen molar-refractivity contribution < 1.29 is 15.0 Å². The highest BCUT2D eigenvalue weighted by molar-refractivity contribution is 9.10. The molecule has 0 heterocycles. The van der Waals surface area contributed by atoms with Crippen LogP contribution in [0.4, 0.5) is 0 Å². The van der Waals surface area contributed by atoms with Crippen LogP contribution in [-0.2, 0) is 12.8 Å². The number of carbonyl (C=O) groups excluding carboxylic acids is 1. The summed E-state index contributed by atoms with van der Waals surface area (Å²) in [5.74, 6) is -0.249. The summed E-state index contributed by atoms with van der Waals surface area (Å²) in [6, 6.07) is 10.5. The highest BCUT2D eigenvalue weighted by Gasteiger charge is 2.15. The number of aromatic hydroxyl groups is 2. The van der Waals surface area contributed by atoms with Gasteiger partial charge >= 0.3 is 0 Å². The van der Waals surface area contributed by atoms with E-state index in [0.29, 0.717) is 6.42 Å². The van der Waals surface area contributed by atoms with Gasteiger partial charge in [0.2, 0.25) is 0 Å². The van der Waals surface area contributed by atoms with E-state index in [0.717, 1.165) is 41.3 Å². The molecule has 0 aliphatic heterocycles. The lowest BCUT2D eigenvalue weighted by atomic mass is 9.97. The Bertz CT molecular complexity index is 693. The first-order valence-corrected chi connectivity index (χ1v) is 9.13. The fraction of sp³-hybridized carbons (Fsp3) is 0.350. The number of carbonyl (C=O) groups is 1. The van der Waals surface area contributed by atoms with Crippen molar-refractivity contribution in [3.63, 3.8) is 0 Å². The van der Waals surface area contributed by atoms with E-state index < -0.39 is 0 Å². The third kappa shape index (κ3) is 5.10. The third-order valence-electron chi connectivity index (χ3n) is 4.07. The summed E-state index contributed by atoms with van der Waals surface area (Å²) >= 11 is 3.37. The minimum absolute atomic E-state index is 0.0594. The van der Waals surface area contributed by atoms with E-state index >= 15 is 0 Å². The number of rotatable bonds is 8. The molecule has 2 aromatic carbocycles. The van der Waals surface area contributed by atoms with Crippen molar-refractivity contribution in [2.75, 3.05) is 0 Å². The Morgan fingerprint density at radius 3 is 2.38 bits per heavy atom. The molecule has 2 rings (SSSR count). The molecule has 24 heavy (non-hydrogen) atoms. The summed E-state index contributed by atoms with van der Waals surface area (Å²) in [4.78, 5) is 12.5. The minimum atomic E-state index is -0.160. The van der Waals surface area contributed by atoms with Gasteiger partial charge in [-0.05, 0) is 42.2 Å². The summed E-state index contributed by atoms with van der Waals surface area (Å²) < 4.78 is 0.959. The molecule has 0 aromatic heterocycles. The van der Waals surface area contributed by atoms with Crippen LogP contribution in [-0.4, -0.2) is 16.0 Å². The molecule has 3 nitrogen and oxygen atoms in total. The first-order chi connectivity index (χ1) is 11.5. The van der Waals surface area contributed by atoms with Crippen LogP contribution >= 0.6 is 15.9 Å². The molecule has 0 aliphatic carbocycles. The summed E-state index contributed by atoms with van der Waals surface area (Å²) in [5, 5.41) is 20.0. The van der Waals surface area contributed by atoms with Crippen LogP contribution in [0.15, 0.2) is 40.9 Å². The van der Waals surface area contributed by atoms with E-state index in [1.54, 1.807) is 6.07 Å². The number of phenols is 2. The van der Waals surface area contributed by atoms with E-state index in [1.807, 2.05) is 24.3 Å². The predicted molar refractivity (Wildman–Crippen MR) is 99.8 cm³/mol.